The highest BCUT2D eigenvalue weighted by Gasteiger charge is 2.20. The summed E-state index contributed by atoms with van der Waals surface area (Å²) in [4.78, 5) is 18.6. The quantitative estimate of drug-likeness (QED) is 0.321. The molecule has 2 aromatic rings. The number of nitrogens with one attached hydrogen (secondary N) is 2. The number of guanidine groups is 1. The summed E-state index contributed by atoms with van der Waals surface area (Å²) in [6.07, 6.45) is 2.51. The first-order chi connectivity index (χ1) is 15.2. The van der Waals surface area contributed by atoms with Crippen LogP contribution in [0.2, 0.25) is 0 Å². The van der Waals surface area contributed by atoms with Crippen LogP contribution >= 0.6 is 24.0 Å². The van der Waals surface area contributed by atoms with Crippen LogP contribution in [0.15, 0.2) is 47.5 Å². The Morgan fingerprint density at radius 1 is 1.06 bits per heavy atom. The Hall–Kier alpha value is -2.49. The third-order valence-electron chi connectivity index (χ3n) is 5.31. The predicted octanol–water partition coefficient (Wildman–Crippen LogP) is 4.17. The zero-order chi connectivity index (χ0) is 21.5. The first-order valence-corrected chi connectivity index (χ1v) is 11.0. The number of amides is 1. The van der Waals surface area contributed by atoms with Crippen LogP contribution in [0.25, 0.3) is 0 Å². The van der Waals surface area contributed by atoms with E-state index in [0.717, 1.165) is 54.2 Å². The zero-order valence-electron chi connectivity index (χ0n) is 18.4. The van der Waals surface area contributed by atoms with E-state index in [1.54, 1.807) is 0 Å². The van der Waals surface area contributed by atoms with Gasteiger partial charge in [0.25, 0.3) is 0 Å². The van der Waals surface area contributed by atoms with Gasteiger partial charge in [-0.3, -0.25) is 4.79 Å². The molecule has 2 aliphatic rings. The minimum atomic E-state index is 0. The van der Waals surface area contributed by atoms with Crippen molar-refractivity contribution >= 4 is 41.5 Å². The van der Waals surface area contributed by atoms with Crippen molar-refractivity contribution in [3.8, 4) is 11.5 Å². The molecule has 2 N–H and O–H groups in total. The van der Waals surface area contributed by atoms with Crippen LogP contribution in [0.1, 0.15) is 37.3 Å². The SMILES string of the molecule is CCNC(=NCc1cccc(CN2CCCC2=O)c1)Nc1ccc2c(c1)OCCCO2.I. The van der Waals surface area contributed by atoms with E-state index in [1.165, 1.54) is 0 Å². The first-order valence-electron chi connectivity index (χ1n) is 11.0. The summed E-state index contributed by atoms with van der Waals surface area (Å²) in [5, 5.41) is 6.64. The predicted molar refractivity (Wildman–Crippen MR) is 137 cm³/mol. The Bertz CT molecular complexity index is 951. The minimum Gasteiger partial charge on any atom is -0.490 e. The Kier molecular flexibility index (Phi) is 9.01. The van der Waals surface area contributed by atoms with E-state index in [9.17, 15) is 4.79 Å². The van der Waals surface area contributed by atoms with Crippen LogP contribution in [-0.4, -0.2) is 43.1 Å². The van der Waals surface area contributed by atoms with Gasteiger partial charge in [0.05, 0.1) is 19.8 Å². The van der Waals surface area contributed by atoms with Gasteiger partial charge >= 0.3 is 0 Å². The second-order valence-corrected chi connectivity index (χ2v) is 7.77. The second-order valence-electron chi connectivity index (χ2n) is 7.77. The molecular weight excluding hydrogens is 519 g/mol. The molecule has 1 fully saturated rings. The highest BCUT2D eigenvalue weighted by Crippen LogP contribution is 2.32. The molecule has 2 aliphatic heterocycles. The van der Waals surface area contributed by atoms with E-state index in [-0.39, 0.29) is 29.9 Å². The van der Waals surface area contributed by atoms with Crippen LogP contribution in [0.4, 0.5) is 5.69 Å². The van der Waals surface area contributed by atoms with Crippen molar-refractivity contribution in [2.45, 2.75) is 39.3 Å². The molecule has 0 aliphatic carbocycles. The lowest BCUT2D eigenvalue weighted by atomic mass is 10.1. The van der Waals surface area contributed by atoms with E-state index in [2.05, 4.69) is 28.8 Å². The van der Waals surface area contributed by atoms with Crippen LogP contribution < -0.4 is 20.1 Å². The minimum absolute atomic E-state index is 0. The number of halogens is 1. The molecular formula is C24H31IN4O3. The van der Waals surface area contributed by atoms with Crippen molar-refractivity contribution in [1.29, 1.82) is 0 Å². The van der Waals surface area contributed by atoms with Crippen molar-refractivity contribution in [2.75, 3.05) is 31.6 Å². The zero-order valence-corrected chi connectivity index (χ0v) is 20.8. The fourth-order valence-electron chi connectivity index (χ4n) is 3.77. The number of fused-ring (bicyclic) bond motifs is 1. The van der Waals surface area contributed by atoms with E-state index in [0.29, 0.717) is 38.7 Å². The van der Waals surface area contributed by atoms with Crippen LogP contribution in [0, 0.1) is 0 Å². The number of anilines is 1. The number of hydrogen-bond donors (Lipinski definition) is 2. The number of ether oxygens (including phenoxy) is 2. The number of nitrogens with zero attached hydrogens (tertiary/aromatic N) is 2. The number of hydrogen-bond acceptors (Lipinski definition) is 4. The van der Waals surface area contributed by atoms with Crippen molar-refractivity contribution in [1.82, 2.24) is 10.2 Å². The Morgan fingerprint density at radius 2 is 1.88 bits per heavy atom. The standard InChI is InChI=1S/C24H30N4O3.HI/c1-2-25-24(27-20-9-10-21-22(15-20)31-13-5-12-30-21)26-16-18-6-3-7-19(14-18)17-28-11-4-8-23(28)29;/h3,6-7,9-10,14-15H,2,4-5,8,11-13,16-17H2,1H3,(H2,25,26,27);1H. The molecule has 1 saturated heterocycles. The van der Waals surface area contributed by atoms with Gasteiger partial charge in [0.15, 0.2) is 17.5 Å². The van der Waals surface area contributed by atoms with Gasteiger partial charge < -0.3 is 25.0 Å². The van der Waals surface area contributed by atoms with Crippen LogP contribution in [-0.2, 0) is 17.9 Å². The maximum Gasteiger partial charge on any atom is 0.222 e. The second kappa shape index (κ2) is 11.9. The van der Waals surface area contributed by atoms with Crippen molar-refractivity contribution in [2.24, 2.45) is 4.99 Å². The summed E-state index contributed by atoms with van der Waals surface area (Å²) in [5.41, 5.74) is 3.15. The maximum atomic E-state index is 11.9. The summed E-state index contributed by atoms with van der Waals surface area (Å²) in [5.74, 6) is 2.48. The van der Waals surface area contributed by atoms with Gasteiger partial charge in [-0.2, -0.15) is 0 Å². The molecule has 1 amide bonds. The van der Waals surface area contributed by atoms with Crippen molar-refractivity contribution < 1.29 is 14.3 Å². The lowest BCUT2D eigenvalue weighted by molar-refractivity contribution is -0.128. The third kappa shape index (κ3) is 6.51. The smallest absolute Gasteiger partial charge is 0.222 e. The number of rotatable bonds is 6. The molecule has 0 unspecified atom stereocenters. The Morgan fingerprint density at radius 3 is 2.66 bits per heavy atom. The van der Waals surface area contributed by atoms with Gasteiger partial charge in [-0.15, -0.1) is 24.0 Å². The lowest BCUT2D eigenvalue weighted by Gasteiger charge is -2.16. The van der Waals surface area contributed by atoms with Gasteiger partial charge in [0.1, 0.15) is 0 Å². The van der Waals surface area contributed by atoms with E-state index < -0.39 is 0 Å². The number of aliphatic imine (C=N–C) groups is 1. The van der Waals surface area contributed by atoms with Crippen LogP contribution in [0.5, 0.6) is 11.5 Å². The van der Waals surface area contributed by atoms with Gasteiger partial charge in [-0.1, -0.05) is 24.3 Å². The van der Waals surface area contributed by atoms with E-state index >= 15 is 0 Å². The Labute approximate surface area is 206 Å². The van der Waals surface area contributed by atoms with Gasteiger partial charge in [-0.25, -0.2) is 4.99 Å². The van der Waals surface area contributed by atoms with E-state index in [4.69, 9.17) is 14.5 Å². The molecule has 7 nitrogen and oxygen atoms in total. The molecule has 8 heteroatoms. The maximum absolute atomic E-state index is 11.9. The van der Waals surface area contributed by atoms with Gasteiger partial charge in [-0.05, 0) is 36.6 Å². The average molecular weight is 550 g/mol. The lowest BCUT2D eigenvalue weighted by Crippen LogP contribution is -2.30. The molecule has 0 atom stereocenters. The number of benzene rings is 2. The van der Waals surface area contributed by atoms with E-state index in [1.807, 2.05) is 36.1 Å². The highest BCUT2D eigenvalue weighted by molar-refractivity contribution is 14.0. The molecule has 0 aromatic heterocycles. The highest BCUT2D eigenvalue weighted by atomic mass is 127. The summed E-state index contributed by atoms with van der Waals surface area (Å²) in [7, 11) is 0. The number of likely N-dealkylation sites (tertiary alicyclic amines) is 1. The van der Waals surface area contributed by atoms with Gasteiger partial charge in [0.2, 0.25) is 5.91 Å². The molecule has 172 valence electrons. The summed E-state index contributed by atoms with van der Waals surface area (Å²) in [6.45, 7) is 6.20. The number of carbonyl (C=O) groups is 1. The Balaban J connectivity index is 0.00000289. The fourth-order valence-corrected chi connectivity index (χ4v) is 3.77. The van der Waals surface area contributed by atoms with Crippen molar-refractivity contribution in [3.05, 3.63) is 53.6 Å². The monoisotopic (exact) mass is 550 g/mol. The molecule has 0 spiro atoms. The number of carbonyl (C=O) groups excluding carboxylic acids is 1. The summed E-state index contributed by atoms with van der Waals surface area (Å²) in [6, 6.07) is 14.1. The molecule has 2 aromatic carbocycles. The largest absolute Gasteiger partial charge is 0.490 e. The van der Waals surface area contributed by atoms with Crippen molar-refractivity contribution in [3.63, 3.8) is 0 Å². The summed E-state index contributed by atoms with van der Waals surface area (Å²) >= 11 is 0. The molecule has 2 heterocycles. The summed E-state index contributed by atoms with van der Waals surface area (Å²) < 4.78 is 11.5. The molecule has 0 bridgehead atoms. The fraction of sp³-hybridized carbons (Fsp3) is 0.417. The normalized spacial score (nSPS) is 15.7. The average Bonchev–Trinajstić information content (AvgIpc) is 3.03. The molecule has 0 radical (unpaired) electrons. The topological polar surface area (TPSA) is 75.2 Å². The first kappa shape index (κ1) is 24.2. The van der Waals surface area contributed by atoms with Crippen LogP contribution in [0.3, 0.4) is 0 Å². The molecule has 0 saturated carbocycles. The van der Waals surface area contributed by atoms with Gasteiger partial charge in [0, 0.05) is 44.2 Å². The third-order valence-corrected chi connectivity index (χ3v) is 5.31. The molecule has 32 heavy (non-hydrogen) atoms. The molecule has 4 rings (SSSR count).